The van der Waals surface area contributed by atoms with Crippen LogP contribution in [-0.2, 0) is 12.8 Å². The monoisotopic (exact) mass is 267 g/mol. The van der Waals surface area contributed by atoms with Crippen molar-refractivity contribution in [2.75, 3.05) is 7.11 Å². The summed E-state index contributed by atoms with van der Waals surface area (Å²) in [6, 6.07) is 14.4. The second kappa shape index (κ2) is 6.90. The van der Waals surface area contributed by atoms with Crippen LogP contribution in [-0.4, -0.2) is 13.3 Å². The van der Waals surface area contributed by atoms with E-state index in [1.165, 1.54) is 11.1 Å². The summed E-state index contributed by atoms with van der Waals surface area (Å²) in [6.45, 7) is 4.34. The van der Waals surface area contributed by atoms with Gasteiger partial charge in [-0.2, -0.15) is 0 Å². The highest BCUT2D eigenvalue weighted by Crippen LogP contribution is 2.25. The fourth-order valence-corrected chi connectivity index (χ4v) is 2.21. The number of para-hydroxylation sites is 1. The number of ether oxygens (including phenoxy) is 1. The van der Waals surface area contributed by atoms with E-state index in [9.17, 15) is 0 Å². The molecule has 0 saturated carbocycles. The van der Waals surface area contributed by atoms with Crippen LogP contribution in [0.25, 0.3) is 0 Å². The summed E-state index contributed by atoms with van der Waals surface area (Å²) >= 11 is 0. The minimum Gasteiger partial charge on any atom is -0.497 e. The first-order valence-corrected chi connectivity index (χ1v) is 7.07. The number of hydrogen-bond donors (Lipinski definition) is 0. The van der Waals surface area contributed by atoms with E-state index in [2.05, 4.69) is 32.0 Å². The molecular weight excluding hydrogens is 246 g/mol. The molecule has 0 amide bonds. The lowest BCUT2D eigenvalue weighted by Gasteiger charge is -2.08. The number of aryl methyl sites for hydroxylation is 2. The van der Waals surface area contributed by atoms with E-state index in [1.807, 2.05) is 30.5 Å². The van der Waals surface area contributed by atoms with E-state index in [-0.39, 0.29) is 0 Å². The normalized spacial score (nSPS) is 10.9. The zero-order valence-corrected chi connectivity index (χ0v) is 12.4. The molecule has 2 rings (SSSR count). The summed E-state index contributed by atoms with van der Waals surface area (Å²) in [5.41, 5.74) is 4.80. The third kappa shape index (κ3) is 3.27. The second-order valence-corrected chi connectivity index (χ2v) is 4.66. The van der Waals surface area contributed by atoms with Gasteiger partial charge in [0.2, 0.25) is 0 Å². The van der Waals surface area contributed by atoms with Gasteiger partial charge in [0, 0.05) is 6.21 Å². The molecule has 0 aromatic heterocycles. The second-order valence-electron chi connectivity index (χ2n) is 4.66. The topological polar surface area (TPSA) is 21.6 Å². The molecule has 0 bridgehead atoms. The minimum absolute atomic E-state index is 0.866. The molecule has 0 aliphatic carbocycles. The van der Waals surface area contributed by atoms with E-state index in [1.54, 1.807) is 7.11 Å². The van der Waals surface area contributed by atoms with Gasteiger partial charge in [-0.15, -0.1) is 0 Å². The van der Waals surface area contributed by atoms with Crippen LogP contribution in [0.15, 0.2) is 47.5 Å². The molecule has 0 spiro atoms. The number of rotatable bonds is 5. The Balaban J connectivity index is 2.30. The Morgan fingerprint density at radius 1 is 0.950 bits per heavy atom. The molecule has 2 aromatic rings. The van der Waals surface area contributed by atoms with Crippen LogP contribution in [0.2, 0.25) is 0 Å². The SMILES string of the molecule is CCc1cccc(CC)c1N=Cc1ccc(OC)cc1. The van der Waals surface area contributed by atoms with Gasteiger partial charge in [-0.1, -0.05) is 32.0 Å². The molecular formula is C18H21NO. The Kier molecular flexibility index (Phi) is 4.94. The zero-order chi connectivity index (χ0) is 14.4. The van der Waals surface area contributed by atoms with Gasteiger partial charge in [-0.05, 0) is 53.8 Å². The largest absolute Gasteiger partial charge is 0.497 e. The Hall–Kier alpha value is -2.09. The van der Waals surface area contributed by atoms with Crippen molar-refractivity contribution in [3.05, 3.63) is 59.2 Å². The van der Waals surface area contributed by atoms with Gasteiger partial charge < -0.3 is 4.74 Å². The van der Waals surface area contributed by atoms with Crippen molar-refractivity contribution in [1.82, 2.24) is 0 Å². The number of methoxy groups -OCH3 is 1. The number of benzene rings is 2. The van der Waals surface area contributed by atoms with Gasteiger partial charge in [-0.25, -0.2) is 0 Å². The molecule has 20 heavy (non-hydrogen) atoms. The average molecular weight is 267 g/mol. The fraction of sp³-hybridized carbons (Fsp3) is 0.278. The molecule has 0 aliphatic rings. The van der Waals surface area contributed by atoms with Crippen molar-refractivity contribution in [2.45, 2.75) is 26.7 Å². The first-order chi connectivity index (χ1) is 9.78. The molecule has 104 valence electrons. The third-order valence-corrected chi connectivity index (χ3v) is 3.42. The highest BCUT2D eigenvalue weighted by atomic mass is 16.5. The molecule has 2 nitrogen and oxygen atoms in total. The average Bonchev–Trinajstić information content (AvgIpc) is 2.52. The predicted octanol–water partition coefficient (Wildman–Crippen LogP) is 4.57. The Bertz CT molecular complexity index is 563. The van der Waals surface area contributed by atoms with Crippen LogP contribution >= 0.6 is 0 Å². The third-order valence-electron chi connectivity index (χ3n) is 3.42. The Labute approximate surface area is 121 Å². The number of aliphatic imine (C=N–C) groups is 1. The van der Waals surface area contributed by atoms with Gasteiger partial charge >= 0.3 is 0 Å². The molecule has 0 N–H and O–H groups in total. The predicted molar refractivity (Wildman–Crippen MR) is 85.4 cm³/mol. The van der Waals surface area contributed by atoms with Crippen molar-refractivity contribution >= 4 is 11.9 Å². The Morgan fingerprint density at radius 3 is 2.05 bits per heavy atom. The summed E-state index contributed by atoms with van der Waals surface area (Å²) in [4.78, 5) is 4.71. The van der Waals surface area contributed by atoms with Crippen molar-refractivity contribution in [3.63, 3.8) is 0 Å². The first-order valence-electron chi connectivity index (χ1n) is 7.07. The molecule has 0 heterocycles. The highest BCUT2D eigenvalue weighted by Gasteiger charge is 2.03. The van der Waals surface area contributed by atoms with Crippen LogP contribution in [0.3, 0.4) is 0 Å². The first kappa shape index (κ1) is 14.3. The van der Waals surface area contributed by atoms with Gasteiger partial charge in [0.05, 0.1) is 12.8 Å². The van der Waals surface area contributed by atoms with Gasteiger partial charge in [0.25, 0.3) is 0 Å². The maximum Gasteiger partial charge on any atom is 0.118 e. The smallest absolute Gasteiger partial charge is 0.118 e. The van der Waals surface area contributed by atoms with Gasteiger partial charge in [0.1, 0.15) is 5.75 Å². The Morgan fingerprint density at radius 2 is 1.55 bits per heavy atom. The van der Waals surface area contributed by atoms with Crippen LogP contribution in [0.1, 0.15) is 30.5 Å². The van der Waals surface area contributed by atoms with Crippen LogP contribution in [0.5, 0.6) is 5.75 Å². The minimum atomic E-state index is 0.866. The summed E-state index contributed by atoms with van der Waals surface area (Å²) in [6.07, 6.45) is 3.93. The summed E-state index contributed by atoms with van der Waals surface area (Å²) in [5, 5.41) is 0. The molecule has 2 heteroatoms. The maximum atomic E-state index is 5.16. The lowest BCUT2D eigenvalue weighted by Crippen LogP contribution is -1.90. The lowest BCUT2D eigenvalue weighted by atomic mass is 10.0. The standard InChI is InChI=1S/C18H21NO/c1-4-15-7-6-8-16(5-2)18(15)19-13-14-9-11-17(20-3)12-10-14/h6-13H,4-5H2,1-3H3. The fourth-order valence-electron chi connectivity index (χ4n) is 2.21. The quantitative estimate of drug-likeness (QED) is 0.727. The van der Waals surface area contributed by atoms with E-state index in [4.69, 9.17) is 9.73 Å². The van der Waals surface area contributed by atoms with Gasteiger partial charge in [0.15, 0.2) is 0 Å². The van der Waals surface area contributed by atoms with E-state index >= 15 is 0 Å². The summed E-state index contributed by atoms with van der Waals surface area (Å²) in [5.74, 6) is 0.866. The number of hydrogen-bond acceptors (Lipinski definition) is 2. The number of nitrogens with zero attached hydrogens (tertiary/aromatic N) is 1. The van der Waals surface area contributed by atoms with Crippen molar-refractivity contribution in [1.29, 1.82) is 0 Å². The molecule has 0 radical (unpaired) electrons. The molecule has 0 aliphatic heterocycles. The van der Waals surface area contributed by atoms with E-state index in [0.717, 1.165) is 29.8 Å². The maximum absolute atomic E-state index is 5.16. The van der Waals surface area contributed by atoms with Crippen LogP contribution in [0.4, 0.5) is 5.69 Å². The van der Waals surface area contributed by atoms with Crippen LogP contribution in [0, 0.1) is 0 Å². The van der Waals surface area contributed by atoms with Gasteiger partial charge in [-0.3, -0.25) is 4.99 Å². The lowest BCUT2D eigenvalue weighted by molar-refractivity contribution is 0.415. The highest BCUT2D eigenvalue weighted by molar-refractivity contribution is 5.83. The van der Waals surface area contributed by atoms with Crippen LogP contribution < -0.4 is 4.74 Å². The molecule has 2 aromatic carbocycles. The van der Waals surface area contributed by atoms with E-state index in [0.29, 0.717) is 0 Å². The molecule has 0 atom stereocenters. The van der Waals surface area contributed by atoms with Crippen molar-refractivity contribution in [2.24, 2.45) is 4.99 Å². The zero-order valence-electron chi connectivity index (χ0n) is 12.4. The summed E-state index contributed by atoms with van der Waals surface area (Å²) in [7, 11) is 1.67. The molecule has 0 fully saturated rings. The molecule has 0 saturated heterocycles. The van der Waals surface area contributed by atoms with Crippen molar-refractivity contribution in [3.8, 4) is 5.75 Å². The molecule has 0 unspecified atom stereocenters. The summed E-state index contributed by atoms with van der Waals surface area (Å²) < 4.78 is 5.16. The van der Waals surface area contributed by atoms with E-state index < -0.39 is 0 Å². The van der Waals surface area contributed by atoms with Crippen molar-refractivity contribution < 1.29 is 4.74 Å².